The van der Waals surface area contributed by atoms with Crippen LogP contribution < -0.4 is 10.1 Å². The predicted molar refractivity (Wildman–Crippen MR) is 70.0 cm³/mol. The topological polar surface area (TPSA) is 56.3 Å². The number of anilines is 1. The quantitative estimate of drug-likeness (QED) is 0.888. The zero-order valence-corrected chi connectivity index (χ0v) is 11.3. The molecular weight excluding hydrogens is 230 g/mol. The number of rotatable bonds is 4. The summed E-state index contributed by atoms with van der Waals surface area (Å²) in [5, 5.41) is 3.35. The average Bonchev–Trinajstić information content (AvgIpc) is 2.28. The standard InChI is InChI=1S/C13H21N3O2/c1-9(2)18-12-8-10(3)14-13(16-12)15-11-4-6-17-7-5-11/h8-9,11H,4-7H2,1-3H3,(H,14,15,16). The molecule has 5 nitrogen and oxygen atoms in total. The van der Waals surface area contributed by atoms with Gasteiger partial charge in [-0.3, -0.25) is 0 Å². The molecule has 1 aromatic rings. The van der Waals surface area contributed by atoms with Crippen LogP contribution in [0.4, 0.5) is 5.95 Å². The minimum atomic E-state index is 0.121. The Bertz CT molecular complexity index is 390. The van der Waals surface area contributed by atoms with Crippen LogP contribution in [0.3, 0.4) is 0 Å². The molecule has 1 aliphatic heterocycles. The third kappa shape index (κ3) is 3.84. The Hall–Kier alpha value is -1.36. The molecule has 0 aromatic carbocycles. The molecule has 0 spiro atoms. The highest BCUT2D eigenvalue weighted by Gasteiger charge is 2.15. The van der Waals surface area contributed by atoms with Crippen molar-refractivity contribution in [3.63, 3.8) is 0 Å². The fraction of sp³-hybridized carbons (Fsp3) is 0.692. The molecule has 1 fully saturated rings. The monoisotopic (exact) mass is 251 g/mol. The maximum absolute atomic E-state index is 5.61. The molecular formula is C13H21N3O2. The van der Waals surface area contributed by atoms with Crippen LogP contribution in [0.5, 0.6) is 5.88 Å². The van der Waals surface area contributed by atoms with Crippen LogP contribution in [0.15, 0.2) is 6.07 Å². The van der Waals surface area contributed by atoms with Gasteiger partial charge in [-0.15, -0.1) is 0 Å². The Balaban J connectivity index is 2.04. The van der Waals surface area contributed by atoms with E-state index in [-0.39, 0.29) is 6.10 Å². The Kier molecular flexibility index (Phi) is 4.36. The van der Waals surface area contributed by atoms with E-state index < -0.39 is 0 Å². The fourth-order valence-corrected chi connectivity index (χ4v) is 1.93. The molecule has 5 heteroatoms. The second kappa shape index (κ2) is 6.00. The van der Waals surface area contributed by atoms with E-state index in [9.17, 15) is 0 Å². The van der Waals surface area contributed by atoms with E-state index in [0.29, 0.717) is 17.9 Å². The first kappa shape index (κ1) is 13.1. The van der Waals surface area contributed by atoms with Crippen LogP contribution in [0.2, 0.25) is 0 Å². The lowest BCUT2D eigenvalue weighted by atomic mass is 10.1. The second-order valence-corrected chi connectivity index (χ2v) is 4.87. The Morgan fingerprint density at radius 2 is 2.06 bits per heavy atom. The van der Waals surface area contributed by atoms with Crippen molar-refractivity contribution in [1.29, 1.82) is 0 Å². The molecule has 0 aliphatic carbocycles. The molecule has 1 aromatic heterocycles. The van der Waals surface area contributed by atoms with Crippen molar-refractivity contribution < 1.29 is 9.47 Å². The predicted octanol–water partition coefficient (Wildman–Crippen LogP) is 2.16. The first-order chi connectivity index (χ1) is 8.63. The molecule has 2 rings (SSSR count). The van der Waals surface area contributed by atoms with E-state index >= 15 is 0 Å². The molecule has 18 heavy (non-hydrogen) atoms. The van der Waals surface area contributed by atoms with Crippen LogP contribution in [-0.2, 0) is 4.74 Å². The van der Waals surface area contributed by atoms with Gasteiger partial charge in [-0.25, -0.2) is 4.98 Å². The number of hydrogen-bond acceptors (Lipinski definition) is 5. The van der Waals surface area contributed by atoms with Gasteiger partial charge in [-0.2, -0.15) is 4.98 Å². The molecule has 1 N–H and O–H groups in total. The summed E-state index contributed by atoms with van der Waals surface area (Å²) in [5.41, 5.74) is 0.912. The van der Waals surface area contributed by atoms with Crippen molar-refractivity contribution in [1.82, 2.24) is 9.97 Å². The highest BCUT2D eigenvalue weighted by atomic mass is 16.5. The molecule has 1 aliphatic rings. The zero-order valence-electron chi connectivity index (χ0n) is 11.3. The maximum atomic E-state index is 5.61. The third-order valence-electron chi connectivity index (χ3n) is 2.74. The van der Waals surface area contributed by atoms with Gasteiger partial charge in [0.2, 0.25) is 11.8 Å². The summed E-state index contributed by atoms with van der Waals surface area (Å²) in [6.45, 7) is 7.54. The average molecular weight is 251 g/mol. The first-order valence-electron chi connectivity index (χ1n) is 6.50. The van der Waals surface area contributed by atoms with Crippen molar-refractivity contribution in [2.45, 2.75) is 45.8 Å². The van der Waals surface area contributed by atoms with Gasteiger partial charge in [0.15, 0.2) is 0 Å². The summed E-state index contributed by atoms with van der Waals surface area (Å²) >= 11 is 0. The van der Waals surface area contributed by atoms with Gasteiger partial charge in [-0.05, 0) is 33.6 Å². The summed E-state index contributed by atoms with van der Waals surface area (Å²) in [6, 6.07) is 2.25. The molecule has 0 radical (unpaired) electrons. The van der Waals surface area contributed by atoms with Gasteiger partial charge in [0.1, 0.15) is 0 Å². The van der Waals surface area contributed by atoms with Gasteiger partial charge >= 0.3 is 0 Å². The van der Waals surface area contributed by atoms with E-state index in [1.54, 1.807) is 0 Å². The summed E-state index contributed by atoms with van der Waals surface area (Å²) in [6.07, 6.45) is 2.12. The van der Waals surface area contributed by atoms with Crippen molar-refractivity contribution in [3.8, 4) is 5.88 Å². The van der Waals surface area contributed by atoms with Crippen molar-refractivity contribution in [3.05, 3.63) is 11.8 Å². The summed E-state index contributed by atoms with van der Waals surface area (Å²) < 4.78 is 10.9. The van der Waals surface area contributed by atoms with Crippen LogP contribution in [0.25, 0.3) is 0 Å². The lowest BCUT2D eigenvalue weighted by molar-refractivity contribution is 0.0903. The maximum Gasteiger partial charge on any atom is 0.226 e. The molecule has 1 saturated heterocycles. The highest BCUT2D eigenvalue weighted by molar-refractivity contribution is 5.31. The van der Waals surface area contributed by atoms with E-state index in [0.717, 1.165) is 31.7 Å². The normalized spacial score (nSPS) is 16.9. The Labute approximate surface area is 108 Å². The van der Waals surface area contributed by atoms with E-state index in [1.807, 2.05) is 26.8 Å². The second-order valence-electron chi connectivity index (χ2n) is 4.87. The molecule has 100 valence electrons. The van der Waals surface area contributed by atoms with Gasteiger partial charge in [0.25, 0.3) is 0 Å². The zero-order chi connectivity index (χ0) is 13.0. The number of nitrogens with one attached hydrogen (secondary N) is 1. The van der Waals surface area contributed by atoms with E-state index in [4.69, 9.17) is 9.47 Å². The number of hydrogen-bond donors (Lipinski definition) is 1. The molecule has 0 saturated carbocycles. The van der Waals surface area contributed by atoms with Crippen LogP contribution in [-0.4, -0.2) is 35.3 Å². The van der Waals surface area contributed by atoms with E-state index in [1.165, 1.54) is 0 Å². The largest absolute Gasteiger partial charge is 0.475 e. The fourth-order valence-electron chi connectivity index (χ4n) is 1.93. The van der Waals surface area contributed by atoms with Crippen molar-refractivity contribution >= 4 is 5.95 Å². The Morgan fingerprint density at radius 3 is 2.72 bits per heavy atom. The van der Waals surface area contributed by atoms with Crippen LogP contribution in [0, 0.1) is 6.92 Å². The Morgan fingerprint density at radius 1 is 1.33 bits per heavy atom. The lowest BCUT2D eigenvalue weighted by Crippen LogP contribution is -2.28. The lowest BCUT2D eigenvalue weighted by Gasteiger charge is -2.23. The molecule has 2 heterocycles. The molecule has 0 bridgehead atoms. The minimum absolute atomic E-state index is 0.121. The molecule has 0 unspecified atom stereocenters. The summed E-state index contributed by atoms with van der Waals surface area (Å²) in [4.78, 5) is 8.77. The van der Waals surface area contributed by atoms with E-state index in [2.05, 4.69) is 15.3 Å². The van der Waals surface area contributed by atoms with Crippen LogP contribution >= 0.6 is 0 Å². The minimum Gasteiger partial charge on any atom is -0.475 e. The van der Waals surface area contributed by atoms with Gasteiger partial charge in [0, 0.05) is 31.0 Å². The van der Waals surface area contributed by atoms with Gasteiger partial charge in [0.05, 0.1) is 6.10 Å². The summed E-state index contributed by atoms with van der Waals surface area (Å²) in [5.74, 6) is 1.28. The van der Waals surface area contributed by atoms with Crippen molar-refractivity contribution in [2.24, 2.45) is 0 Å². The van der Waals surface area contributed by atoms with Gasteiger partial charge < -0.3 is 14.8 Å². The number of ether oxygens (including phenoxy) is 2. The first-order valence-corrected chi connectivity index (χ1v) is 6.50. The smallest absolute Gasteiger partial charge is 0.226 e. The number of aromatic nitrogens is 2. The van der Waals surface area contributed by atoms with Crippen molar-refractivity contribution in [2.75, 3.05) is 18.5 Å². The van der Waals surface area contributed by atoms with Crippen LogP contribution in [0.1, 0.15) is 32.4 Å². The third-order valence-corrected chi connectivity index (χ3v) is 2.74. The SMILES string of the molecule is Cc1cc(OC(C)C)nc(NC2CCOCC2)n1. The number of nitrogens with zero attached hydrogens (tertiary/aromatic N) is 2. The molecule has 0 amide bonds. The molecule has 0 atom stereocenters. The van der Waals surface area contributed by atoms with Gasteiger partial charge in [-0.1, -0.05) is 0 Å². The summed E-state index contributed by atoms with van der Waals surface area (Å²) in [7, 11) is 0. The highest BCUT2D eigenvalue weighted by Crippen LogP contribution is 2.16. The number of aryl methyl sites for hydroxylation is 1.